The first-order valence-electron chi connectivity index (χ1n) is 7.66. The summed E-state index contributed by atoms with van der Waals surface area (Å²) in [5.74, 6) is -1.91. The van der Waals surface area contributed by atoms with Crippen LogP contribution in [0.15, 0.2) is 24.3 Å². The molecule has 1 atom stereocenters. The van der Waals surface area contributed by atoms with E-state index < -0.39 is 23.8 Å². The molecule has 3 aromatic rings. The van der Waals surface area contributed by atoms with E-state index >= 15 is 0 Å². The number of thiophene rings is 1. The molecule has 0 aliphatic rings. The fourth-order valence-electron chi connectivity index (χ4n) is 2.41. The molecule has 26 heavy (non-hydrogen) atoms. The monoisotopic (exact) mass is 395 g/mol. The summed E-state index contributed by atoms with van der Waals surface area (Å²) in [6.07, 6.45) is -1.11. The Bertz CT molecular complexity index is 980. The van der Waals surface area contributed by atoms with E-state index in [4.69, 9.17) is 16.3 Å². The van der Waals surface area contributed by atoms with E-state index in [1.54, 1.807) is 17.8 Å². The number of nitrogens with one attached hydrogen (secondary N) is 1. The van der Waals surface area contributed by atoms with Crippen LogP contribution in [0.3, 0.4) is 0 Å². The maximum absolute atomic E-state index is 13.7. The van der Waals surface area contributed by atoms with Gasteiger partial charge in [-0.05, 0) is 38.1 Å². The lowest BCUT2D eigenvalue weighted by molar-refractivity contribution is -0.123. The van der Waals surface area contributed by atoms with Crippen molar-refractivity contribution in [2.75, 3.05) is 5.32 Å². The molecule has 6 nitrogen and oxygen atoms in total. The number of amides is 1. The van der Waals surface area contributed by atoms with Crippen molar-refractivity contribution in [3.05, 3.63) is 45.7 Å². The van der Waals surface area contributed by atoms with Crippen LogP contribution in [0.4, 0.5) is 10.1 Å². The van der Waals surface area contributed by atoms with Gasteiger partial charge in [0, 0.05) is 17.5 Å². The molecule has 0 saturated heterocycles. The van der Waals surface area contributed by atoms with Crippen molar-refractivity contribution in [1.82, 2.24) is 9.78 Å². The van der Waals surface area contributed by atoms with E-state index in [0.29, 0.717) is 4.88 Å². The minimum atomic E-state index is -1.11. The van der Waals surface area contributed by atoms with Crippen molar-refractivity contribution >= 4 is 50.7 Å². The number of fused-ring (bicyclic) bond motifs is 1. The lowest BCUT2D eigenvalue weighted by Crippen LogP contribution is -2.30. The summed E-state index contributed by atoms with van der Waals surface area (Å²) in [7, 11) is 1.79. The molecular weight excluding hydrogens is 381 g/mol. The zero-order valence-electron chi connectivity index (χ0n) is 14.2. The molecule has 0 bridgehead atoms. The smallest absolute Gasteiger partial charge is 0.349 e. The number of rotatable bonds is 4. The number of hydrogen-bond donors (Lipinski definition) is 1. The van der Waals surface area contributed by atoms with Crippen molar-refractivity contribution in [3.8, 4) is 0 Å². The third-order valence-electron chi connectivity index (χ3n) is 3.74. The van der Waals surface area contributed by atoms with Gasteiger partial charge in [0.1, 0.15) is 15.5 Å². The second-order valence-corrected chi connectivity index (χ2v) is 7.17. The summed E-state index contributed by atoms with van der Waals surface area (Å²) in [4.78, 5) is 25.7. The van der Waals surface area contributed by atoms with Crippen molar-refractivity contribution in [2.24, 2.45) is 7.05 Å². The highest BCUT2D eigenvalue weighted by Gasteiger charge is 2.22. The van der Waals surface area contributed by atoms with Gasteiger partial charge >= 0.3 is 5.97 Å². The van der Waals surface area contributed by atoms with Crippen molar-refractivity contribution in [2.45, 2.75) is 20.0 Å². The minimum absolute atomic E-state index is 0.0750. The van der Waals surface area contributed by atoms with Crippen LogP contribution in [-0.4, -0.2) is 27.8 Å². The number of anilines is 1. The molecular formula is C17H15ClFN3O3S. The molecule has 0 spiro atoms. The Balaban J connectivity index is 1.70. The third-order valence-corrected chi connectivity index (χ3v) is 5.15. The molecule has 1 aromatic carbocycles. The molecule has 1 N–H and O–H groups in total. The predicted octanol–water partition coefficient (Wildman–Crippen LogP) is 3.92. The summed E-state index contributed by atoms with van der Waals surface area (Å²) in [6, 6.07) is 5.48. The van der Waals surface area contributed by atoms with Gasteiger partial charge in [-0.25, -0.2) is 9.18 Å². The molecule has 0 radical (unpaired) electrons. The van der Waals surface area contributed by atoms with Gasteiger partial charge in [0.05, 0.1) is 11.4 Å². The fourth-order valence-corrected chi connectivity index (χ4v) is 3.58. The van der Waals surface area contributed by atoms with Crippen LogP contribution in [0.2, 0.25) is 5.02 Å². The number of ether oxygens (including phenoxy) is 1. The molecule has 0 saturated carbocycles. The first-order valence-corrected chi connectivity index (χ1v) is 8.85. The highest BCUT2D eigenvalue weighted by Crippen LogP contribution is 2.28. The van der Waals surface area contributed by atoms with Crippen LogP contribution in [-0.2, 0) is 16.6 Å². The summed E-state index contributed by atoms with van der Waals surface area (Å²) in [5, 5.41) is 7.77. The second-order valence-electron chi connectivity index (χ2n) is 5.70. The molecule has 2 aromatic heterocycles. The number of esters is 1. The predicted molar refractivity (Wildman–Crippen MR) is 98.2 cm³/mol. The third kappa shape index (κ3) is 3.56. The van der Waals surface area contributed by atoms with Crippen LogP contribution in [0.1, 0.15) is 22.3 Å². The van der Waals surface area contributed by atoms with Crippen LogP contribution < -0.4 is 5.32 Å². The Morgan fingerprint density at radius 3 is 2.81 bits per heavy atom. The SMILES string of the molecule is Cc1nn(C)c2sc(C(=O)O[C@@H](C)C(=O)Nc3cc(Cl)ccc3F)cc12. The van der Waals surface area contributed by atoms with E-state index in [1.165, 1.54) is 30.4 Å². The minimum Gasteiger partial charge on any atom is -0.448 e. The van der Waals surface area contributed by atoms with Crippen LogP contribution in [0.25, 0.3) is 10.2 Å². The number of carbonyl (C=O) groups is 2. The Morgan fingerprint density at radius 1 is 1.38 bits per heavy atom. The summed E-state index contributed by atoms with van der Waals surface area (Å²) < 4.78 is 20.6. The van der Waals surface area contributed by atoms with Gasteiger partial charge in [0.25, 0.3) is 5.91 Å². The largest absolute Gasteiger partial charge is 0.448 e. The molecule has 0 unspecified atom stereocenters. The Kier molecular flexibility index (Phi) is 4.97. The second kappa shape index (κ2) is 7.05. The summed E-state index contributed by atoms with van der Waals surface area (Å²) in [6.45, 7) is 3.26. The molecule has 9 heteroatoms. The van der Waals surface area contributed by atoms with Crippen LogP contribution >= 0.6 is 22.9 Å². The quantitative estimate of drug-likeness (QED) is 0.679. The van der Waals surface area contributed by atoms with Gasteiger partial charge < -0.3 is 10.1 Å². The Labute approximate surface area is 157 Å². The summed E-state index contributed by atoms with van der Waals surface area (Å²) in [5.41, 5.74) is 0.731. The standard InChI is InChI=1S/C17H15ClFN3O3S/c1-8-11-7-14(26-16(11)22(3)21-8)17(24)25-9(2)15(23)20-13-6-10(18)4-5-12(13)19/h4-7,9H,1-3H3,(H,20,23)/t9-/m0/s1. The average molecular weight is 396 g/mol. The lowest BCUT2D eigenvalue weighted by Gasteiger charge is -2.13. The Hall–Kier alpha value is -2.45. The normalized spacial score (nSPS) is 12.2. The maximum Gasteiger partial charge on any atom is 0.349 e. The first kappa shape index (κ1) is 18.3. The molecule has 2 heterocycles. The van der Waals surface area contributed by atoms with E-state index in [2.05, 4.69) is 10.4 Å². The molecule has 0 aliphatic carbocycles. The van der Waals surface area contributed by atoms with E-state index in [0.717, 1.165) is 22.0 Å². The fraction of sp³-hybridized carbons (Fsp3) is 0.235. The highest BCUT2D eigenvalue weighted by molar-refractivity contribution is 7.20. The van der Waals surface area contributed by atoms with E-state index in [1.807, 2.05) is 6.92 Å². The van der Waals surface area contributed by atoms with E-state index in [-0.39, 0.29) is 10.7 Å². The van der Waals surface area contributed by atoms with Crippen molar-refractivity contribution in [1.29, 1.82) is 0 Å². The number of hydrogen-bond acceptors (Lipinski definition) is 5. The first-order chi connectivity index (χ1) is 12.3. The molecule has 3 rings (SSSR count). The maximum atomic E-state index is 13.7. The zero-order valence-corrected chi connectivity index (χ0v) is 15.7. The zero-order chi connectivity index (χ0) is 19.0. The average Bonchev–Trinajstić information content (AvgIpc) is 3.13. The highest BCUT2D eigenvalue weighted by atomic mass is 35.5. The molecule has 0 fully saturated rings. The van der Waals surface area contributed by atoms with Gasteiger partial charge in [0.2, 0.25) is 0 Å². The van der Waals surface area contributed by atoms with Crippen LogP contribution in [0, 0.1) is 12.7 Å². The van der Waals surface area contributed by atoms with Gasteiger partial charge in [-0.1, -0.05) is 11.6 Å². The molecule has 1 amide bonds. The topological polar surface area (TPSA) is 73.2 Å². The molecule has 0 aliphatic heterocycles. The number of aromatic nitrogens is 2. The Morgan fingerprint density at radius 2 is 2.12 bits per heavy atom. The number of aryl methyl sites for hydroxylation is 2. The lowest BCUT2D eigenvalue weighted by atomic mass is 10.2. The van der Waals surface area contributed by atoms with Gasteiger partial charge in [-0.15, -0.1) is 11.3 Å². The van der Waals surface area contributed by atoms with Crippen molar-refractivity contribution < 1.29 is 18.7 Å². The van der Waals surface area contributed by atoms with Gasteiger partial charge in [-0.3, -0.25) is 9.48 Å². The van der Waals surface area contributed by atoms with Gasteiger partial charge in [0.15, 0.2) is 6.10 Å². The van der Waals surface area contributed by atoms with E-state index in [9.17, 15) is 14.0 Å². The molecule has 136 valence electrons. The summed E-state index contributed by atoms with van der Waals surface area (Å²) >= 11 is 7.02. The number of carbonyl (C=O) groups excluding carboxylic acids is 2. The number of halogens is 2. The number of benzene rings is 1. The van der Waals surface area contributed by atoms with Crippen LogP contribution in [0.5, 0.6) is 0 Å². The van der Waals surface area contributed by atoms with Gasteiger partial charge in [-0.2, -0.15) is 5.10 Å². The van der Waals surface area contributed by atoms with Crippen molar-refractivity contribution in [3.63, 3.8) is 0 Å². The number of nitrogens with zero attached hydrogens (tertiary/aromatic N) is 2.